The summed E-state index contributed by atoms with van der Waals surface area (Å²) in [6.45, 7) is 2.26. The zero-order valence-corrected chi connectivity index (χ0v) is 11.1. The third kappa shape index (κ3) is 2.73. The first-order chi connectivity index (χ1) is 8.08. The maximum absolute atomic E-state index is 6.12. The molecule has 0 bridgehead atoms. The molecule has 1 aromatic carbocycles. The highest BCUT2D eigenvalue weighted by Gasteiger charge is 2.11. The van der Waals surface area contributed by atoms with Crippen molar-refractivity contribution in [3.63, 3.8) is 0 Å². The zero-order chi connectivity index (χ0) is 12.4. The number of ether oxygens (including phenoxy) is 1. The predicted molar refractivity (Wildman–Crippen MR) is 68.7 cm³/mol. The summed E-state index contributed by atoms with van der Waals surface area (Å²) < 4.78 is 7.35. The number of rotatable bonds is 3. The van der Waals surface area contributed by atoms with Crippen LogP contribution < -0.4 is 4.74 Å². The smallest absolute Gasteiger partial charge is 0.131 e. The monoisotopic (exact) mass is 270 g/mol. The summed E-state index contributed by atoms with van der Waals surface area (Å²) in [5, 5.41) is 5.56. The van der Waals surface area contributed by atoms with Crippen molar-refractivity contribution in [2.24, 2.45) is 7.05 Å². The van der Waals surface area contributed by atoms with E-state index in [4.69, 9.17) is 27.9 Å². The Morgan fingerprint density at radius 3 is 2.41 bits per heavy atom. The molecule has 0 aliphatic heterocycles. The molecule has 0 spiro atoms. The fourth-order valence-electron chi connectivity index (χ4n) is 1.52. The number of aryl methyl sites for hydroxylation is 2. The van der Waals surface area contributed by atoms with E-state index < -0.39 is 0 Å². The Balaban J connectivity index is 2.09. The Kier molecular flexibility index (Phi) is 3.60. The van der Waals surface area contributed by atoms with Crippen LogP contribution in [0.2, 0.25) is 10.0 Å². The number of aromatic nitrogens is 2. The highest BCUT2D eigenvalue weighted by atomic mass is 35.5. The van der Waals surface area contributed by atoms with E-state index in [0.29, 0.717) is 16.7 Å². The van der Waals surface area contributed by atoms with E-state index in [1.54, 1.807) is 16.8 Å². The highest BCUT2D eigenvalue weighted by molar-refractivity contribution is 6.31. The van der Waals surface area contributed by atoms with Crippen molar-refractivity contribution in [3.8, 4) is 5.75 Å². The first-order valence-electron chi connectivity index (χ1n) is 5.14. The Hall–Kier alpha value is -1.19. The minimum atomic E-state index is 0.387. The van der Waals surface area contributed by atoms with E-state index in [9.17, 15) is 0 Å². The van der Waals surface area contributed by atoms with Crippen molar-refractivity contribution in [2.45, 2.75) is 13.5 Å². The summed E-state index contributed by atoms with van der Waals surface area (Å²) in [7, 11) is 1.85. The van der Waals surface area contributed by atoms with E-state index >= 15 is 0 Å². The Labute approximate surface area is 110 Å². The summed E-state index contributed by atoms with van der Waals surface area (Å²) in [5.41, 5.74) is 1.67. The molecule has 1 heterocycles. The Morgan fingerprint density at radius 1 is 1.24 bits per heavy atom. The van der Waals surface area contributed by atoms with Crippen molar-refractivity contribution in [3.05, 3.63) is 45.7 Å². The van der Waals surface area contributed by atoms with Crippen molar-refractivity contribution < 1.29 is 4.74 Å². The lowest BCUT2D eigenvalue weighted by atomic mass is 10.3. The first-order valence-corrected chi connectivity index (χ1v) is 5.90. The largest absolute Gasteiger partial charge is 0.487 e. The lowest BCUT2D eigenvalue weighted by molar-refractivity contribution is 0.295. The lowest BCUT2D eigenvalue weighted by Crippen LogP contribution is -2.03. The third-order valence-electron chi connectivity index (χ3n) is 2.45. The molecular formula is C12H12Cl2N2O. The quantitative estimate of drug-likeness (QED) is 0.852. The molecule has 0 aliphatic carbocycles. The minimum absolute atomic E-state index is 0.387. The minimum Gasteiger partial charge on any atom is -0.487 e. The second kappa shape index (κ2) is 4.98. The first kappa shape index (κ1) is 12.3. The van der Waals surface area contributed by atoms with Crippen molar-refractivity contribution >= 4 is 23.2 Å². The average Bonchev–Trinajstić information content (AvgIpc) is 2.54. The van der Waals surface area contributed by atoms with Gasteiger partial charge in [0.05, 0.1) is 16.4 Å². The fourth-order valence-corrected chi connectivity index (χ4v) is 1.86. The average molecular weight is 271 g/mol. The molecule has 3 nitrogen and oxygen atoms in total. The van der Waals surface area contributed by atoms with Gasteiger partial charge in [0.1, 0.15) is 12.4 Å². The molecule has 1 aromatic heterocycles. The normalized spacial score (nSPS) is 10.6. The Bertz CT molecular complexity index is 520. The van der Waals surface area contributed by atoms with Crippen LogP contribution >= 0.6 is 23.2 Å². The number of nitrogens with zero attached hydrogens (tertiary/aromatic N) is 2. The predicted octanol–water partition coefficient (Wildman–Crippen LogP) is 3.61. The van der Waals surface area contributed by atoms with E-state index in [1.165, 1.54) is 0 Å². The van der Waals surface area contributed by atoms with Crippen LogP contribution in [-0.2, 0) is 13.7 Å². The molecule has 0 N–H and O–H groups in total. The molecule has 5 heteroatoms. The summed E-state index contributed by atoms with van der Waals surface area (Å²) in [6, 6.07) is 7.21. The molecule has 2 aromatic rings. The standard InChI is InChI=1S/C12H12Cl2N2O/c1-8-12(14)11(16(2)15-8)7-17-10-5-3-9(13)4-6-10/h3-6H,7H2,1-2H3. The molecule has 90 valence electrons. The molecule has 0 saturated heterocycles. The maximum atomic E-state index is 6.12. The fraction of sp³-hybridized carbons (Fsp3) is 0.250. The molecule has 2 rings (SSSR count). The molecule has 0 saturated carbocycles. The molecule has 0 aliphatic rings. The zero-order valence-electron chi connectivity index (χ0n) is 9.58. The van der Waals surface area contributed by atoms with Crippen LogP contribution in [0.1, 0.15) is 11.4 Å². The summed E-state index contributed by atoms with van der Waals surface area (Å²) in [5.74, 6) is 0.754. The van der Waals surface area contributed by atoms with Crippen molar-refractivity contribution in [1.29, 1.82) is 0 Å². The van der Waals surface area contributed by atoms with Gasteiger partial charge in [0, 0.05) is 12.1 Å². The third-order valence-corrected chi connectivity index (χ3v) is 3.19. The number of hydrogen-bond donors (Lipinski definition) is 0. The molecular weight excluding hydrogens is 259 g/mol. The van der Waals surface area contributed by atoms with E-state index in [-0.39, 0.29) is 0 Å². The molecule has 0 radical (unpaired) electrons. The van der Waals surface area contributed by atoms with Gasteiger partial charge in [-0.1, -0.05) is 23.2 Å². The van der Waals surface area contributed by atoms with Gasteiger partial charge in [-0.15, -0.1) is 0 Å². The molecule has 17 heavy (non-hydrogen) atoms. The van der Waals surface area contributed by atoms with E-state index in [2.05, 4.69) is 5.10 Å². The summed E-state index contributed by atoms with van der Waals surface area (Å²) in [4.78, 5) is 0. The van der Waals surface area contributed by atoms with Crippen LogP contribution in [-0.4, -0.2) is 9.78 Å². The van der Waals surface area contributed by atoms with Gasteiger partial charge >= 0.3 is 0 Å². The highest BCUT2D eigenvalue weighted by Crippen LogP contribution is 2.22. The summed E-state index contributed by atoms with van der Waals surface area (Å²) in [6.07, 6.45) is 0. The van der Waals surface area contributed by atoms with Gasteiger partial charge in [-0.25, -0.2) is 0 Å². The van der Waals surface area contributed by atoms with Crippen molar-refractivity contribution in [2.75, 3.05) is 0 Å². The van der Waals surface area contributed by atoms with Crippen LogP contribution in [0, 0.1) is 6.92 Å². The lowest BCUT2D eigenvalue weighted by Gasteiger charge is -2.06. The number of hydrogen-bond acceptors (Lipinski definition) is 2. The van der Waals surface area contributed by atoms with Gasteiger partial charge in [-0.3, -0.25) is 4.68 Å². The number of benzene rings is 1. The van der Waals surface area contributed by atoms with Crippen LogP contribution in [0.15, 0.2) is 24.3 Å². The van der Waals surface area contributed by atoms with Crippen molar-refractivity contribution in [1.82, 2.24) is 9.78 Å². The summed E-state index contributed by atoms with van der Waals surface area (Å²) >= 11 is 11.9. The van der Waals surface area contributed by atoms with Gasteiger partial charge in [-0.05, 0) is 31.2 Å². The van der Waals surface area contributed by atoms with E-state index in [1.807, 2.05) is 26.1 Å². The number of halogens is 2. The molecule has 0 unspecified atom stereocenters. The molecule has 0 amide bonds. The van der Waals surface area contributed by atoms with Gasteiger partial charge in [0.15, 0.2) is 0 Å². The maximum Gasteiger partial charge on any atom is 0.131 e. The van der Waals surface area contributed by atoms with Gasteiger partial charge < -0.3 is 4.74 Å². The SMILES string of the molecule is Cc1nn(C)c(COc2ccc(Cl)cc2)c1Cl. The molecule has 0 atom stereocenters. The van der Waals surface area contributed by atoms with Gasteiger partial charge in [-0.2, -0.15) is 5.10 Å². The van der Waals surface area contributed by atoms with Crippen LogP contribution in [0.5, 0.6) is 5.75 Å². The van der Waals surface area contributed by atoms with Gasteiger partial charge in [0.2, 0.25) is 0 Å². The van der Waals surface area contributed by atoms with E-state index in [0.717, 1.165) is 17.1 Å². The Morgan fingerprint density at radius 2 is 1.88 bits per heavy atom. The second-order valence-corrected chi connectivity index (χ2v) is 4.53. The van der Waals surface area contributed by atoms with Crippen LogP contribution in [0.25, 0.3) is 0 Å². The van der Waals surface area contributed by atoms with Crippen LogP contribution in [0.4, 0.5) is 0 Å². The topological polar surface area (TPSA) is 27.1 Å². The second-order valence-electron chi connectivity index (χ2n) is 3.71. The molecule has 0 fully saturated rings. The van der Waals surface area contributed by atoms with Gasteiger partial charge in [0.25, 0.3) is 0 Å². The van der Waals surface area contributed by atoms with Crippen LogP contribution in [0.3, 0.4) is 0 Å².